The highest BCUT2D eigenvalue weighted by Gasteiger charge is 2.52. The number of esters is 1. The molecule has 0 atom stereocenters. The van der Waals surface area contributed by atoms with Crippen molar-refractivity contribution in [2.75, 3.05) is 13.7 Å². The summed E-state index contributed by atoms with van der Waals surface area (Å²) in [4.78, 5) is 31.2. The van der Waals surface area contributed by atoms with E-state index in [4.69, 9.17) is 9.72 Å². The molecule has 166 valence electrons. The van der Waals surface area contributed by atoms with E-state index >= 15 is 0 Å². The Labute approximate surface area is 188 Å². The van der Waals surface area contributed by atoms with Crippen molar-refractivity contribution in [3.63, 3.8) is 0 Å². The van der Waals surface area contributed by atoms with Crippen LogP contribution in [0, 0.1) is 0 Å². The second-order valence-electron chi connectivity index (χ2n) is 9.08. The van der Waals surface area contributed by atoms with Crippen LogP contribution in [0.25, 0.3) is 11.0 Å². The lowest BCUT2D eigenvalue weighted by molar-refractivity contribution is -0.141. The molecule has 5 rings (SSSR count). The highest BCUT2D eigenvalue weighted by Crippen LogP contribution is 2.55. The van der Waals surface area contributed by atoms with Gasteiger partial charge in [-0.25, -0.2) is 4.98 Å². The summed E-state index contributed by atoms with van der Waals surface area (Å²) < 4.78 is 7.01. The molecule has 0 unspecified atom stereocenters. The number of carbonyl (C=O) groups is 2. The average Bonchev–Trinajstić information content (AvgIpc) is 3.51. The van der Waals surface area contributed by atoms with E-state index in [0.717, 1.165) is 31.6 Å². The molecule has 0 saturated heterocycles. The Balaban J connectivity index is 1.43. The number of rotatable bonds is 7. The molecule has 2 aromatic heterocycles. The minimum Gasteiger partial charge on any atom is -0.469 e. The number of methoxy groups -OCH3 is 1. The van der Waals surface area contributed by atoms with Crippen molar-refractivity contribution in [2.45, 2.75) is 57.0 Å². The van der Waals surface area contributed by atoms with Gasteiger partial charge in [0.25, 0.3) is 0 Å². The van der Waals surface area contributed by atoms with E-state index in [-0.39, 0.29) is 17.3 Å². The van der Waals surface area contributed by atoms with Crippen LogP contribution in [-0.4, -0.2) is 40.0 Å². The molecule has 2 aliphatic rings. The van der Waals surface area contributed by atoms with Gasteiger partial charge in [-0.2, -0.15) is 0 Å². The maximum atomic E-state index is 13.1. The number of pyridine rings is 1. The molecule has 1 spiro atoms. The number of amides is 1. The summed E-state index contributed by atoms with van der Waals surface area (Å²) >= 11 is 0. The predicted octanol–water partition coefficient (Wildman–Crippen LogP) is 4.19. The molecule has 0 bridgehead atoms. The average molecular weight is 432 g/mol. The first-order chi connectivity index (χ1) is 15.6. The largest absolute Gasteiger partial charge is 0.469 e. The van der Waals surface area contributed by atoms with Crippen LogP contribution in [-0.2, 0) is 32.8 Å². The van der Waals surface area contributed by atoms with Crippen molar-refractivity contribution in [1.82, 2.24) is 14.5 Å². The number of hydrogen-bond donors (Lipinski definition) is 0. The first-order valence-corrected chi connectivity index (χ1v) is 11.5. The van der Waals surface area contributed by atoms with E-state index in [1.54, 1.807) is 0 Å². The number of unbranched alkanes of at least 4 members (excludes halogenated alkanes) is 1. The standard InChI is InChI=1S/C26H29N3O3/c1-32-23(31)12-6-5-11-22(30)28-17-21-24(26(18-28)13-14-26)20-10-7-15-27-25(20)29(21)16-19-8-3-2-4-9-19/h2-4,7-10,15H,5-6,11-14,16-18H2,1H3. The summed E-state index contributed by atoms with van der Waals surface area (Å²) in [6.45, 7) is 2.16. The summed E-state index contributed by atoms with van der Waals surface area (Å²) in [6, 6.07) is 14.6. The van der Waals surface area contributed by atoms with Crippen molar-refractivity contribution in [3.05, 3.63) is 65.5 Å². The Bertz CT molecular complexity index is 1150. The van der Waals surface area contributed by atoms with Gasteiger partial charge in [0.05, 0.1) is 13.7 Å². The Morgan fingerprint density at radius 1 is 1.06 bits per heavy atom. The number of hydrogen-bond acceptors (Lipinski definition) is 4. The molecule has 1 amide bonds. The van der Waals surface area contributed by atoms with E-state index in [0.29, 0.717) is 32.2 Å². The molecule has 0 N–H and O–H groups in total. The third-order valence-corrected chi connectivity index (χ3v) is 6.93. The number of ether oxygens (including phenoxy) is 1. The highest BCUT2D eigenvalue weighted by molar-refractivity contribution is 5.86. The van der Waals surface area contributed by atoms with Crippen LogP contribution < -0.4 is 0 Å². The molecule has 6 heteroatoms. The monoisotopic (exact) mass is 431 g/mol. The second kappa shape index (κ2) is 8.41. The Morgan fingerprint density at radius 3 is 2.59 bits per heavy atom. The van der Waals surface area contributed by atoms with Gasteiger partial charge in [0.1, 0.15) is 5.65 Å². The van der Waals surface area contributed by atoms with Crippen molar-refractivity contribution in [2.24, 2.45) is 0 Å². The molecule has 0 radical (unpaired) electrons. The number of benzene rings is 1. The maximum absolute atomic E-state index is 13.1. The van der Waals surface area contributed by atoms with E-state index in [2.05, 4.69) is 34.9 Å². The number of nitrogens with zero attached hydrogens (tertiary/aromatic N) is 3. The number of fused-ring (bicyclic) bond motifs is 4. The first-order valence-electron chi connectivity index (χ1n) is 11.5. The number of aromatic nitrogens is 2. The van der Waals surface area contributed by atoms with Crippen molar-refractivity contribution in [1.29, 1.82) is 0 Å². The quantitative estimate of drug-likeness (QED) is 0.416. The molecule has 6 nitrogen and oxygen atoms in total. The van der Waals surface area contributed by atoms with Gasteiger partial charge in [-0.3, -0.25) is 9.59 Å². The molecule has 1 aliphatic carbocycles. The van der Waals surface area contributed by atoms with Gasteiger partial charge >= 0.3 is 5.97 Å². The molecule has 1 aliphatic heterocycles. The van der Waals surface area contributed by atoms with E-state index in [1.807, 2.05) is 23.2 Å². The fraction of sp³-hybridized carbons (Fsp3) is 0.423. The molecule has 3 aromatic rings. The molecule has 3 heterocycles. The number of carbonyl (C=O) groups excluding carboxylic acids is 2. The summed E-state index contributed by atoms with van der Waals surface area (Å²) in [6.07, 6.45) is 6.32. The maximum Gasteiger partial charge on any atom is 0.305 e. The van der Waals surface area contributed by atoms with Gasteiger partial charge < -0.3 is 14.2 Å². The fourth-order valence-corrected chi connectivity index (χ4v) is 5.14. The smallest absolute Gasteiger partial charge is 0.305 e. The summed E-state index contributed by atoms with van der Waals surface area (Å²) in [7, 11) is 1.40. The lowest BCUT2D eigenvalue weighted by Crippen LogP contribution is -2.42. The van der Waals surface area contributed by atoms with Crippen LogP contribution in [0.15, 0.2) is 48.7 Å². The zero-order valence-electron chi connectivity index (χ0n) is 18.5. The molecule has 32 heavy (non-hydrogen) atoms. The third kappa shape index (κ3) is 3.78. The highest BCUT2D eigenvalue weighted by atomic mass is 16.5. The fourth-order valence-electron chi connectivity index (χ4n) is 5.14. The summed E-state index contributed by atoms with van der Waals surface area (Å²) in [5, 5.41) is 1.24. The van der Waals surface area contributed by atoms with Gasteiger partial charge in [0.2, 0.25) is 5.91 Å². The molecular weight excluding hydrogens is 402 g/mol. The van der Waals surface area contributed by atoms with Crippen LogP contribution in [0.5, 0.6) is 0 Å². The minimum atomic E-state index is -0.213. The van der Waals surface area contributed by atoms with Crippen molar-refractivity contribution >= 4 is 22.9 Å². The van der Waals surface area contributed by atoms with E-state index in [1.165, 1.54) is 29.3 Å². The zero-order valence-corrected chi connectivity index (χ0v) is 18.5. The van der Waals surface area contributed by atoms with Crippen LogP contribution in [0.1, 0.15) is 55.3 Å². The molecule has 1 fully saturated rings. The molecule has 1 saturated carbocycles. The lowest BCUT2D eigenvalue weighted by Gasteiger charge is -2.34. The molecular formula is C26H29N3O3. The topological polar surface area (TPSA) is 64.4 Å². The lowest BCUT2D eigenvalue weighted by atomic mass is 9.89. The third-order valence-electron chi connectivity index (χ3n) is 6.93. The SMILES string of the molecule is COC(=O)CCCCC(=O)N1Cc2c(c3cccnc3n2Cc2ccccc2)C2(CC2)C1. The van der Waals surface area contributed by atoms with E-state index in [9.17, 15) is 9.59 Å². The van der Waals surface area contributed by atoms with Crippen LogP contribution in [0.3, 0.4) is 0 Å². The van der Waals surface area contributed by atoms with Crippen LogP contribution >= 0.6 is 0 Å². The van der Waals surface area contributed by atoms with Crippen LogP contribution in [0.4, 0.5) is 0 Å². The van der Waals surface area contributed by atoms with Crippen molar-refractivity contribution < 1.29 is 14.3 Å². The van der Waals surface area contributed by atoms with Gasteiger partial charge in [-0.05, 0) is 48.9 Å². The van der Waals surface area contributed by atoms with Gasteiger partial charge in [-0.1, -0.05) is 30.3 Å². The Hall–Kier alpha value is -3.15. The van der Waals surface area contributed by atoms with E-state index < -0.39 is 0 Å². The Kier molecular flexibility index (Phi) is 5.45. The van der Waals surface area contributed by atoms with Gasteiger partial charge in [0, 0.05) is 48.6 Å². The minimum absolute atomic E-state index is 0.0679. The van der Waals surface area contributed by atoms with Gasteiger partial charge in [0.15, 0.2) is 0 Å². The van der Waals surface area contributed by atoms with Crippen molar-refractivity contribution in [3.8, 4) is 0 Å². The van der Waals surface area contributed by atoms with Gasteiger partial charge in [-0.15, -0.1) is 0 Å². The zero-order chi connectivity index (χ0) is 22.1. The Morgan fingerprint density at radius 2 is 1.84 bits per heavy atom. The van der Waals surface area contributed by atoms with Crippen LogP contribution in [0.2, 0.25) is 0 Å². The normalized spacial score (nSPS) is 16.2. The summed E-state index contributed by atoms with van der Waals surface area (Å²) in [5.41, 5.74) is 4.95. The summed E-state index contributed by atoms with van der Waals surface area (Å²) in [5.74, 6) is -0.0359. The predicted molar refractivity (Wildman–Crippen MR) is 122 cm³/mol. The second-order valence-corrected chi connectivity index (χ2v) is 9.08. The first kappa shape index (κ1) is 20.7. The molecule has 1 aromatic carbocycles.